The van der Waals surface area contributed by atoms with Gasteiger partial charge in [0.05, 0.1) is 10.7 Å². The van der Waals surface area contributed by atoms with E-state index in [9.17, 15) is 18.5 Å². The SMILES string of the molecule is O=[N+]([O-])c1ccccc1S(=O)(=O)CC=CCCl. The smallest absolute Gasteiger partial charge is 0.258 e. The molecule has 17 heavy (non-hydrogen) atoms. The van der Waals surface area contributed by atoms with Crippen molar-refractivity contribution in [3.63, 3.8) is 0 Å². The molecule has 1 aromatic carbocycles. The van der Waals surface area contributed by atoms with E-state index in [1.165, 1.54) is 30.4 Å². The van der Waals surface area contributed by atoms with Crippen LogP contribution in [0, 0.1) is 10.1 Å². The lowest BCUT2D eigenvalue weighted by atomic mass is 10.3. The number of hydrogen-bond acceptors (Lipinski definition) is 4. The number of hydrogen-bond donors (Lipinski definition) is 0. The van der Waals surface area contributed by atoms with E-state index < -0.39 is 20.4 Å². The van der Waals surface area contributed by atoms with Gasteiger partial charge in [0.25, 0.3) is 5.69 Å². The number of nitro benzene ring substituents is 1. The molecule has 0 bridgehead atoms. The second-order valence-corrected chi connectivity index (χ2v) is 5.44. The summed E-state index contributed by atoms with van der Waals surface area (Å²) in [5, 5.41) is 10.7. The summed E-state index contributed by atoms with van der Waals surface area (Å²) in [4.78, 5) is 9.72. The molecule has 0 N–H and O–H groups in total. The molecule has 0 unspecified atom stereocenters. The Bertz CT molecular complexity index is 539. The predicted octanol–water partition coefficient (Wildman–Crippen LogP) is 2.16. The molecule has 1 rings (SSSR count). The Morgan fingerprint density at radius 1 is 1.29 bits per heavy atom. The molecule has 0 aliphatic carbocycles. The van der Waals surface area contributed by atoms with E-state index in [-0.39, 0.29) is 16.5 Å². The quantitative estimate of drug-likeness (QED) is 0.357. The molecular weight excluding hydrogens is 266 g/mol. The summed E-state index contributed by atoms with van der Waals surface area (Å²) in [5.41, 5.74) is -0.410. The van der Waals surface area contributed by atoms with Crippen LogP contribution in [-0.2, 0) is 9.84 Å². The molecule has 92 valence electrons. The number of allylic oxidation sites excluding steroid dienone is 1. The lowest BCUT2D eigenvalue weighted by Crippen LogP contribution is -2.07. The molecule has 0 spiro atoms. The number of para-hydroxylation sites is 1. The fourth-order valence-electron chi connectivity index (χ4n) is 1.22. The van der Waals surface area contributed by atoms with Crippen LogP contribution >= 0.6 is 11.6 Å². The van der Waals surface area contributed by atoms with Crippen LogP contribution in [-0.4, -0.2) is 25.0 Å². The number of alkyl halides is 1. The van der Waals surface area contributed by atoms with Crippen LogP contribution in [0.2, 0.25) is 0 Å². The van der Waals surface area contributed by atoms with Crippen LogP contribution in [0.15, 0.2) is 41.3 Å². The predicted molar refractivity (Wildman–Crippen MR) is 65.0 cm³/mol. The monoisotopic (exact) mass is 275 g/mol. The summed E-state index contributed by atoms with van der Waals surface area (Å²) >= 11 is 5.37. The minimum absolute atomic E-state index is 0.201. The third kappa shape index (κ3) is 3.54. The zero-order valence-corrected chi connectivity index (χ0v) is 10.3. The molecule has 0 aliphatic heterocycles. The molecule has 0 aliphatic rings. The Labute approximate surface area is 104 Å². The number of rotatable bonds is 5. The van der Waals surface area contributed by atoms with E-state index in [0.29, 0.717) is 0 Å². The van der Waals surface area contributed by atoms with Gasteiger partial charge in [-0.1, -0.05) is 24.3 Å². The molecule has 0 aromatic heterocycles. The van der Waals surface area contributed by atoms with Crippen molar-refractivity contribution in [3.8, 4) is 0 Å². The van der Waals surface area contributed by atoms with Gasteiger partial charge in [-0.3, -0.25) is 10.1 Å². The fourth-order valence-corrected chi connectivity index (χ4v) is 2.66. The molecule has 0 amide bonds. The first-order chi connectivity index (χ1) is 7.99. The molecule has 0 saturated carbocycles. The Morgan fingerprint density at radius 3 is 2.53 bits per heavy atom. The van der Waals surface area contributed by atoms with Gasteiger partial charge in [0.15, 0.2) is 9.84 Å². The minimum Gasteiger partial charge on any atom is -0.258 e. The number of nitrogens with zero attached hydrogens (tertiary/aromatic N) is 1. The van der Waals surface area contributed by atoms with Crippen molar-refractivity contribution in [3.05, 3.63) is 46.5 Å². The largest absolute Gasteiger partial charge is 0.287 e. The molecule has 0 radical (unpaired) electrons. The van der Waals surface area contributed by atoms with Crippen molar-refractivity contribution in [2.24, 2.45) is 0 Å². The second-order valence-electron chi connectivity index (χ2n) is 3.13. The Balaban J connectivity index is 3.15. The van der Waals surface area contributed by atoms with Gasteiger partial charge in [-0.05, 0) is 6.07 Å². The molecule has 0 heterocycles. The highest BCUT2D eigenvalue weighted by Gasteiger charge is 2.23. The van der Waals surface area contributed by atoms with E-state index in [2.05, 4.69) is 0 Å². The van der Waals surface area contributed by atoms with E-state index in [1.807, 2.05) is 0 Å². The van der Waals surface area contributed by atoms with Crippen molar-refractivity contribution in [1.29, 1.82) is 0 Å². The second kappa shape index (κ2) is 5.79. The van der Waals surface area contributed by atoms with Gasteiger partial charge in [0, 0.05) is 11.9 Å². The van der Waals surface area contributed by atoms with Crippen molar-refractivity contribution < 1.29 is 13.3 Å². The minimum atomic E-state index is -3.70. The topological polar surface area (TPSA) is 77.3 Å². The average Bonchev–Trinajstić information content (AvgIpc) is 2.29. The van der Waals surface area contributed by atoms with Gasteiger partial charge < -0.3 is 0 Å². The number of nitro groups is 1. The van der Waals surface area contributed by atoms with E-state index in [0.717, 1.165) is 6.07 Å². The van der Waals surface area contributed by atoms with Gasteiger partial charge in [-0.25, -0.2) is 8.42 Å². The summed E-state index contributed by atoms with van der Waals surface area (Å²) in [5.74, 6) is -0.100. The van der Waals surface area contributed by atoms with Crippen LogP contribution in [0.4, 0.5) is 5.69 Å². The molecular formula is C10H10ClNO4S. The van der Waals surface area contributed by atoms with Crippen LogP contribution < -0.4 is 0 Å². The highest BCUT2D eigenvalue weighted by Crippen LogP contribution is 2.23. The van der Waals surface area contributed by atoms with E-state index >= 15 is 0 Å². The van der Waals surface area contributed by atoms with Gasteiger partial charge in [-0.15, -0.1) is 11.6 Å². The number of halogens is 1. The standard InChI is InChI=1S/C10H10ClNO4S/c11-7-3-4-8-17(15,16)10-6-2-1-5-9(10)12(13)14/h1-6H,7-8H2. The summed E-state index contributed by atoms with van der Waals surface area (Å²) in [7, 11) is -3.70. The summed E-state index contributed by atoms with van der Waals surface area (Å²) in [6.07, 6.45) is 2.85. The van der Waals surface area contributed by atoms with Gasteiger partial charge in [0.1, 0.15) is 4.90 Å². The summed E-state index contributed by atoms with van der Waals surface area (Å²) in [6, 6.07) is 5.26. The van der Waals surface area contributed by atoms with Crippen molar-refractivity contribution >= 4 is 27.1 Å². The highest BCUT2D eigenvalue weighted by molar-refractivity contribution is 7.91. The average molecular weight is 276 g/mol. The molecule has 1 aromatic rings. The Kier molecular flexibility index (Phi) is 4.65. The Morgan fingerprint density at radius 2 is 1.94 bits per heavy atom. The van der Waals surface area contributed by atoms with Crippen LogP contribution in [0.1, 0.15) is 0 Å². The highest BCUT2D eigenvalue weighted by atomic mass is 35.5. The molecule has 0 fully saturated rings. The zero-order chi connectivity index (χ0) is 12.9. The van der Waals surface area contributed by atoms with Crippen molar-refractivity contribution in [1.82, 2.24) is 0 Å². The maximum Gasteiger partial charge on any atom is 0.287 e. The first kappa shape index (κ1) is 13.7. The zero-order valence-electron chi connectivity index (χ0n) is 8.74. The van der Waals surface area contributed by atoms with E-state index in [4.69, 9.17) is 11.6 Å². The van der Waals surface area contributed by atoms with Crippen molar-refractivity contribution in [2.75, 3.05) is 11.6 Å². The summed E-state index contributed by atoms with van der Waals surface area (Å²) < 4.78 is 23.7. The third-order valence-electron chi connectivity index (χ3n) is 1.97. The third-order valence-corrected chi connectivity index (χ3v) is 3.79. The lowest BCUT2D eigenvalue weighted by Gasteiger charge is -2.02. The maximum atomic E-state index is 11.8. The van der Waals surface area contributed by atoms with Gasteiger partial charge in [-0.2, -0.15) is 0 Å². The maximum absolute atomic E-state index is 11.8. The van der Waals surface area contributed by atoms with Gasteiger partial charge >= 0.3 is 0 Å². The molecule has 7 heteroatoms. The lowest BCUT2D eigenvalue weighted by molar-refractivity contribution is -0.387. The van der Waals surface area contributed by atoms with Crippen LogP contribution in [0.5, 0.6) is 0 Å². The fraction of sp³-hybridized carbons (Fsp3) is 0.200. The normalized spacial score (nSPS) is 11.8. The van der Waals surface area contributed by atoms with Gasteiger partial charge in [0.2, 0.25) is 0 Å². The summed E-state index contributed by atoms with van der Waals surface area (Å²) in [6.45, 7) is 0. The first-order valence-electron chi connectivity index (χ1n) is 4.66. The van der Waals surface area contributed by atoms with Crippen molar-refractivity contribution in [2.45, 2.75) is 4.90 Å². The first-order valence-corrected chi connectivity index (χ1v) is 6.85. The molecule has 0 saturated heterocycles. The number of benzene rings is 1. The van der Waals surface area contributed by atoms with Crippen LogP contribution in [0.3, 0.4) is 0 Å². The van der Waals surface area contributed by atoms with E-state index in [1.54, 1.807) is 0 Å². The molecule has 0 atom stereocenters. The number of sulfone groups is 1. The Hall–Kier alpha value is -1.40. The van der Waals surface area contributed by atoms with Crippen LogP contribution in [0.25, 0.3) is 0 Å². The molecule has 5 nitrogen and oxygen atoms in total.